The first-order valence-corrected chi connectivity index (χ1v) is 5.64. The first-order valence-electron chi connectivity index (χ1n) is 4.83. The molecule has 0 unspecified atom stereocenters. The van der Waals surface area contributed by atoms with Crippen LogP contribution in [0.1, 0.15) is 5.56 Å². The standard InChI is InChI=1S/C11H12N4S/c1-8-7-13-11(15-12)14-10(8)16-9-5-3-2-4-6-9/h2-7H,12H2,1H3,(H,13,14,15). The molecule has 0 saturated heterocycles. The van der Waals surface area contributed by atoms with Gasteiger partial charge in [-0.25, -0.2) is 15.8 Å². The molecule has 1 heterocycles. The zero-order valence-corrected chi connectivity index (χ0v) is 9.66. The summed E-state index contributed by atoms with van der Waals surface area (Å²) in [5.74, 6) is 5.71. The molecule has 2 rings (SSSR count). The lowest BCUT2D eigenvalue weighted by Gasteiger charge is -2.05. The van der Waals surface area contributed by atoms with Crippen molar-refractivity contribution in [2.45, 2.75) is 16.8 Å². The lowest BCUT2D eigenvalue weighted by Crippen LogP contribution is -2.10. The predicted molar refractivity (Wildman–Crippen MR) is 65.1 cm³/mol. The van der Waals surface area contributed by atoms with Gasteiger partial charge in [-0.15, -0.1) is 0 Å². The van der Waals surface area contributed by atoms with Gasteiger partial charge in [0.1, 0.15) is 5.03 Å². The maximum Gasteiger partial charge on any atom is 0.238 e. The molecule has 82 valence electrons. The van der Waals surface area contributed by atoms with Crippen molar-refractivity contribution in [3.63, 3.8) is 0 Å². The number of hydrogen-bond acceptors (Lipinski definition) is 5. The zero-order valence-electron chi connectivity index (χ0n) is 8.84. The van der Waals surface area contributed by atoms with Gasteiger partial charge < -0.3 is 0 Å². The van der Waals surface area contributed by atoms with E-state index in [9.17, 15) is 0 Å². The van der Waals surface area contributed by atoms with Gasteiger partial charge in [-0.2, -0.15) is 0 Å². The van der Waals surface area contributed by atoms with Crippen LogP contribution in [0, 0.1) is 6.92 Å². The number of benzene rings is 1. The van der Waals surface area contributed by atoms with Crippen molar-refractivity contribution in [3.05, 3.63) is 42.1 Å². The maximum atomic E-state index is 5.28. The number of nitrogens with two attached hydrogens (primary N) is 1. The summed E-state index contributed by atoms with van der Waals surface area (Å²) in [7, 11) is 0. The smallest absolute Gasteiger partial charge is 0.238 e. The van der Waals surface area contributed by atoms with Gasteiger partial charge >= 0.3 is 0 Å². The molecule has 2 aromatic rings. The normalized spacial score (nSPS) is 10.1. The second-order valence-corrected chi connectivity index (χ2v) is 4.30. The Bertz CT molecular complexity index is 473. The number of hydrogen-bond donors (Lipinski definition) is 2. The Morgan fingerprint density at radius 3 is 2.69 bits per heavy atom. The van der Waals surface area contributed by atoms with E-state index < -0.39 is 0 Å². The number of nitrogens with one attached hydrogen (secondary N) is 1. The minimum atomic E-state index is 0.434. The van der Waals surface area contributed by atoms with Crippen LogP contribution in [0.5, 0.6) is 0 Å². The van der Waals surface area contributed by atoms with Gasteiger partial charge in [0.25, 0.3) is 0 Å². The Morgan fingerprint density at radius 1 is 1.25 bits per heavy atom. The molecular weight excluding hydrogens is 220 g/mol. The van der Waals surface area contributed by atoms with Crippen LogP contribution < -0.4 is 11.3 Å². The van der Waals surface area contributed by atoms with E-state index >= 15 is 0 Å². The van der Waals surface area contributed by atoms with E-state index in [0.29, 0.717) is 5.95 Å². The predicted octanol–water partition coefficient (Wildman–Crippen LogP) is 2.22. The quantitative estimate of drug-likeness (QED) is 0.482. The summed E-state index contributed by atoms with van der Waals surface area (Å²) in [6, 6.07) is 10.1. The Labute approximate surface area is 98.3 Å². The summed E-state index contributed by atoms with van der Waals surface area (Å²) < 4.78 is 0. The number of nitrogen functional groups attached to an aromatic ring is 1. The summed E-state index contributed by atoms with van der Waals surface area (Å²) >= 11 is 1.60. The van der Waals surface area contributed by atoms with E-state index in [4.69, 9.17) is 5.84 Å². The highest BCUT2D eigenvalue weighted by molar-refractivity contribution is 7.99. The molecule has 0 aliphatic carbocycles. The topological polar surface area (TPSA) is 63.8 Å². The summed E-state index contributed by atoms with van der Waals surface area (Å²) in [5.41, 5.74) is 3.48. The van der Waals surface area contributed by atoms with Crippen LogP contribution in [-0.4, -0.2) is 9.97 Å². The van der Waals surface area contributed by atoms with Gasteiger partial charge in [0, 0.05) is 16.7 Å². The molecule has 0 bridgehead atoms. The number of hydrazine groups is 1. The van der Waals surface area contributed by atoms with E-state index in [2.05, 4.69) is 15.4 Å². The van der Waals surface area contributed by atoms with Crippen molar-refractivity contribution in [2.24, 2.45) is 5.84 Å². The molecular formula is C11H12N4S. The van der Waals surface area contributed by atoms with Crippen molar-refractivity contribution >= 4 is 17.7 Å². The molecule has 1 aromatic carbocycles. The summed E-state index contributed by atoms with van der Waals surface area (Å²) in [6.07, 6.45) is 1.76. The molecule has 4 nitrogen and oxygen atoms in total. The average molecular weight is 232 g/mol. The lowest BCUT2D eigenvalue weighted by molar-refractivity contribution is 0.992. The molecule has 16 heavy (non-hydrogen) atoms. The van der Waals surface area contributed by atoms with E-state index in [-0.39, 0.29) is 0 Å². The fraction of sp³-hybridized carbons (Fsp3) is 0.0909. The number of anilines is 1. The molecule has 0 radical (unpaired) electrons. The highest BCUT2D eigenvalue weighted by Gasteiger charge is 2.04. The van der Waals surface area contributed by atoms with Crippen LogP contribution in [-0.2, 0) is 0 Å². The van der Waals surface area contributed by atoms with Gasteiger partial charge in [-0.3, -0.25) is 5.43 Å². The minimum Gasteiger partial charge on any atom is -0.292 e. The summed E-state index contributed by atoms with van der Waals surface area (Å²) in [4.78, 5) is 9.49. The van der Waals surface area contributed by atoms with Crippen LogP contribution in [0.4, 0.5) is 5.95 Å². The van der Waals surface area contributed by atoms with Crippen molar-refractivity contribution < 1.29 is 0 Å². The number of rotatable bonds is 3. The molecule has 0 atom stereocenters. The summed E-state index contributed by atoms with van der Waals surface area (Å²) in [6.45, 7) is 1.98. The van der Waals surface area contributed by atoms with Gasteiger partial charge in [0.05, 0.1) is 0 Å². The highest BCUT2D eigenvalue weighted by Crippen LogP contribution is 2.28. The molecule has 1 aromatic heterocycles. The molecule has 0 fully saturated rings. The lowest BCUT2D eigenvalue weighted by atomic mass is 10.4. The molecule has 0 saturated carbocycles. The van der Waals surface area contributed by atoms with Crippen molar-refractivity contribution in [1.29, 1.82) is 0 Å². The van der Waals surface area contributed by atoms with Gasteiger partial charge in [-0.1, -0.05) is 30.0 Å². The van der Waals surface area contributed by atoms with E-state index in [1.54, 1.807) is 18.0 Å². The van der Waals surface area contributed by atoms with Crippen LogP contribution in [0.15, 0.2) is 46.5 Å². The van der Waals surface area contributed by atoms with Crippen LogP contribution in [0.3, 0.4) is 0 Å². The van der Waals surface area contributed by atoms with Gasteiger partial charge in [0.15, 0.2) is 0 Å². The molecule has 0 amide bonds. The first-order chi connectivity index (χ1) is 7.79. The van der Waals surface area contributed by atoms with Crippen molar-refractivity contribution in [3.8, 4) is 0 Å². The number of aryl methyl sites for hydroxylation is 1. The number of aromatic nitrogens is 2. The zero-order chi connectivity index (χ0) is 11.4. The monoisotopic (exact) mass is 232 g/mol. The third-order valence-corrected chi connectivity index (χ3v) is 3.13. The minimum absolute atomic E-state index is 0.434. The van der Waals surface area contributed by atoms with E-state index in [1.165, 1.54) is 0 Å². The van der Waals surface area contributed by atoms with Crippen molar-refractivity contribution in [1.82, 2.24) is 9.97 Å². The van der Waals surface area contributed by atoms with Gasteiger partial charge in [-0.05, 0) is 19.1 Å². The largest absolute Gasteiger partial charge is 0.292 e. The second-order valence-electron chi connectivity index (χ2n) is 3.24. The molecule has 0 aliphatic rings. The fourth-order valence-electron chi connectivity index (χ4n) is 1.20. The molecule has 0 aliphatic heterocycles. The Kier molecular flexibility index (Phi) is 3.38. The summed E-state index contributed by atoms with van der Waals surface area (Å²) in [5, 5.41) is 0.911. The Balaban J connectivity index is 2.27. The van der Waals surface area contributed by atoms with Crippen LogP contribution in [0.2, 0.25) is 0 Å². The second kappa shape index (κ2) is 4.96. The molecule has 0 spiro atoms. The van der Waals surface area contributed by atoms with Crippen LogP contribution in [0.25, 0.3) is 0 Å². The van der Waals surface area contributed by atoms with Crippen LogP contribution >= 0.6 is 11.8 Å². The Morgan fingerprint density at radius 2 is 2.00 bits per heavy atom. The molecule has 3 N–H and O–H groups in total. The SMILES string of the molecule is Cc1cnc(NN)nc1Sc1ccccc1. The highest BCUT2D eigenvalue weighted by atomic mass is 32.2. The third-order valence-electron chi connectivity index (χ3n) is 2.01. The third kappa shape index (κ3) is 2.50. The Hall–Kier alpha value is -1.59. The number of nitrogens with zero attached hydrogens (tertiary/aromatic N) is 2. The van der Waals surface area contributed by atoms with E-state index in [1.807, 2.05) is 37.3 Å². The average Bonchev–Trinajstić information content (AvgIpc) is 2.33. The first kappa shape index (κ1) is 10.9. The van der Waals surface area contributed by atoms with E-state index in [0.717, 1.165) is 15.5 Å². The van der Waals surface area contributed by atoms with Crippen molar-refractivity contribution in [2.75, 3.05) is 5.43 Å². The van der Waals surface area contributed by atoms with Gasteiger partial charge in [0.2, 0.25) is 5.95 Å². The fourth-order valence-corrected chi connectivity index (χ4v) is 2.06. The maximum absolute atomic E-state index is 5.28. The molecule has 5 heteroatoms.